The number of aromatic nitrogens is 4. The van der Waals surface area contributed by atoms with Gasteiger partial charge in [-0.3, -0.25) is 9.69 Å². The highest BCUT2D eigenvalue weighted by Crippen LogP contribution is 2.31. The predicted molar refractivity (Wildman–Crippen MR) is 154 cm³/mol. The van der Waals surface area contributed by atoms with Crippen LogP contribution >= 0.6 is 0 Å². The molecule has 0 fully saturated rings. The quantitative estimate of drug-likeness (QED) is 0.233. The van der Waals surface area contributed by atoms with E-state index in [0.29, 0.717) is 23.5 Å². The third-order valence-electron chi connectivity index (χ3n) is 7.40. The van der Waals surface area contributed by atoms with Crippen molar-refractivity contribution in [3.8, 4) is 17.3 Å². The third kappa shape index (κ3) is 5.12. The molecule has 1 aliphatic heterocycles. The van der Waals surface area contributed by atoms with E-state index >= 15 is 0 Å². The number of pyridine rings is 1. The van der Waals surface area contributed by atoms with E-state index in [2.05, 4.69) is 26.0 Å². The maximum atomic E-state index is 14.0. The van der Waals surface area contributed by atoms with Crippen LogP contribution in [0.2, 0.25) is 0 Å². The lowest BCUT2D eigenvalue weighted by Gasteiger charge is -2.33. The van der Waals surface area contributed by atoms with Crippen LogP contribution < -0.4 is 10.5 Å². The molecule has 0 saturated heterocycles. The zero-order valence-electron chi connectivity index (χ0n) is 23.4. The van der Waals surface area contributed by atoms with Gasteiger partial charge in [-0.25, -0.2) is 18.4 Å². The third-order valence-corrected chi connectivity index (χ3v) is 7.40. The molecule has 216 valence electrons. The zero-order chi connectivity index (χ0) is 29.8. The van der Waals surface area contributed by atoms with Crippen LogP contribution in [0.25, 0.3) is 16.6 Å². The number of fused-ring (bicyclic) bond motifs is 3. The van der Waals surface area contributed by atoms with Crippen molar-refractivity contribution in [2.24, 2.45) is 0 Å². The zero-order valence-corrected chi connectivity index (χ0v) is 23.4. The Morgan fingerprint density at radius 3 is 2.64 bits per heavy atom. The molecule has 0 unspecified atom stereocenters. The first kappa shape index (κ1) is 27.6. The molecule has 0 aliphatic carbocycles. The number of para-hydroxylation sites is 1. The number of hydrogen-bond acceptors (Lipinski definition) is 7. The van der Waals surface area contributed by atoms with Crippen LogP contribution in [0.5, 0.6) is 11.6 Å². The van der Waals surface area contributed by atoms with Gasteiger partial charge in [0.05, 0.1) is 34.9 Å². The van der Waals surface area contributed by atoms with Crippen LogP contribution in [0.15, 0.2) is 54.9 Å². The molecule has 2 aromatic carbocycles. The molecule has 9 nitrogen and oxygen atoms in total. The minimum Gasteiger partial charge on any atom is -0.433 e. The van der Waals surface area contributed by atoms with E-state index in [1.165, 1.54) is 40.3 Å². The van der Waals surface area contributed by atoms with Crippen molar-refractivity contribution in [2.75, 3.05) is 18.8 Å². The van der Waals surface area contributed by atoms with Crippen molar-refractivity contribution in [2.45, 2.75) is 39.3 Å². The van der Waals surface area contributed by atoms with Crippen LogP contribution in [-0.4, -0.2) is 54.2 Å². The summed E-state index contributed by atoms with van der Waals surface area (Å²) in [7, 11) is 0. The molecular weight excluding hydrogens is 542 g/mol. The van der Waals surface area contributed by atoms with Crippen molar-refractivity contribution in [3.05, 3.63) is 94.4 Å². The number of carbonyl (C=O) groups is 1. The monoisotopic (exact) mass is 572 g/mol. The number of carbonyl (C=O) groups excluding carboxylic acids is 1. The number of nitrogens with zero attached hydrogens (tertiary/aromatic N) is 4. The molecule has 5 aromatic rings. The number of H-pyrrole nitrogens is 1. The van der Waals surface area contributed by atoms with Gasteiger partial charge in [0.1, 0.15) is 5.82 Å². The number of ketones is 1. The lowest BCUT2D eigenvalue weighted by atomic mass is 9.95. The second-order valence-electron chi connectivity index (χ2n) is 11.3. The Bertz CT molecular complexity index is 1820. The second-order valence-corrected chi connectivity index (χ2v) is 11.3. The van der Waals surface area contributed by atoms with Crippen LogP contribution in [0, 0.1) is 18.6 Å². The van der Waals surface area contributed by atoms with E-state index in [9.17, 15) is 18.7 Å². The molecule has 11 heteroatoms. The number of rotatable bonds is 7. The highest BCUT2D eigenvalue weighted by molar-refractivity contribution is 6.12. The van der Waals surface area contributed by atoms with Crippen molar-refractivity contribution >= 4 is 22.5 Å². The Balaban J connectivity index is 1.25. The molecule has 0 bridgehead atoms. The first-order valence-electron chi connectivity index (χ1n) is 13.5. The summed E-state index contributed by atoms with van der Waals surface area (Å²) >= 11 is 0. The molecule has 3 aromatic heterocycles. The number of aryl methyl sites for hydroxylation is 1. The molecule has 0 radical (unpaired) electrons. The molecule has 4 N–H and O–H groups in total. The first-order valence-corrected chi connectivity index (χ1v) is 13.5. The number of hydrogen-bond donors (Lipinski definition) is 3. The Labute approximate surface area is 240 Å². The number of anilines is 1. The van der Waals surface area contributed by atoms with Gasteiger partial charge in [0.2, 0.25) is 17.4 Å². The van der Waals surface area contributed by atoms with Crippen molar-refractivity contribution in [3.63, 3.8) is 0 Å². The van der Waals surface area contributed by atoms with Gasteiger partial charge in [-0.2, -0.15) is 5.10 Å². The maximum Gasteiger partial charge on any atom is 0.219 e. The van der Waals surface area contributed by atoms with Gasteiger partial charge in [-0.05, 0) is 68.1 Å². The van der Waals surface area contributed by atoms with Crippen LogP contribution in [0.4, 0.5) is 14.6 Å². The van der Waals surface area contributed by atoms with E-state index < -0.39 is 23.0 Å². The Kier molecular flexibility index (Phi) is 6.78. The normalized spacial score (nSPS) is 13.9. The second kappa shape index (κ2) is 10.3. The minimum absolute atomic E-state index is 0.00752. The fraction of sp³-hybridized carbons (Fsp3) is 0.258. The average Bonchev–Trinajstić information content (AvgIpc) is 3.53. The van der Waals surface area contributed by atoms with E-state index in [1.807, 2.05) is 12.1 Å². The van der Waals surface area contributed by atoms with Gasteiger partial charge in [0.15, 0.2) is 11.6 Å². The molecule has 42 heavy (non-hydrogen) atoms. The number of nitrogens with two attached hydrogens (primary N) is 1. The van der Waals surface area contributed by atoms with Gasteiger partial charge in [0, 0.05) is 36.6 Å². The van der Waals surface area contributed by atoms with Crippen molar-refractivity contribution < 1.29 is 23.4 Å². The maximum absolute atomic E-state index is 14.0. The number of β-amino-alcohol motifs (C(OH)–C–C–N with tert-alkyl or cyclic N) is 1. The summed E-state index contributed by atoms with van der Waals surface area (Å²) in [6, 6.07) is 10.8. The highest BCUT2D eigenvalue weighted by Gasteiger charge is 2.26. The van der Waals surface area contributed by atoms with Gasteiger partial charge < -0.3 is 20.6 Å². The summed E-state index contributed by atoms with van der Waals surface area (Å²) in [5, 5.41) is 15.5. The largest absolute Gasteiger partial charge is 0.433 e. The molecule has 0 atom stereocenters. The molecule has 0 saturated carbocycles. The van der Waals surface area contributed by atoms with E-state index in [1.54, 1.807) is 20.8 Å². The van der Waals surface area contributed by atoms with Gasteiger partial charge in [-0.15, -0.1) is 0 Å². The predicted octanol–water partition coefficient (Wildman–Crippen LogP) is 5.07. The summed E-state index contributed by atoms with van der Waals surface area (Å²) in [4.78, 5) is 23.2. The Hall–Kier alpha value is -4.61. The van der Waals surface area contributed by atoms with E-state index in [0.717, 1.165) is 42.5 Å². The lowest BCUT2D eigenvalue weighted by Crippen LogP contribution is -2.41. The van der Waals surface area contributed by atoms with Crippen LogP contribution in [0.3, 0.4) is 0 Å². The van der Waals surface area contributed by atoms with Crippen LogP contribution in [-0.2, 0) is 13.0 Å². The molecule has 4 heterocycles. The number of ether oxygens (including phenoxy) is 1. The number of aliphatic hydroxyl groups is 1. The standard InChI is InChI=1S/C31H30F2N6O3/c1-17-11-27(42-29-22(32)5-4-6-23(29)33)35-14-26(17)39-30(34)21(13-36-39)28(40)25-12-20-19-9-10-38(16-31(2,3)41)15-18(19)7-8-24(20)37-25/h4-8,11-14,37,41H,9-10,15-16,34H2,1-3H3. The minimum atomic E-state index is -0.844. The summed E-state index contributed by atoms with van der Waals surface area (Å²) < 4.78 is 34.7. The molecule has 1 aliphatic rings. The smallest absolute Gasteiger partial charge is 0.219 e. The number of halogens is 2. The molecule has 0 amide bonds. The Morgan fingerprint density at radius 1 is 1.17 bits per heavy atom. The number of nitrogens with one attached hydrogen (secondary N) is 1. The topological polar surface area (TPSA) is 122 Å². The summed E-state index contributed by atoms with van der Waals surface area (Å²) in [6.07, 6.45) is 3.63. The van der Waals surface area contributed by atoms with Crippen molar-refractivity contribution in [1.82, 2.24) is 24.6 Å². The fourth-order valence-corrected chi connectivity index (χ4v) is 5.50. The summed E-state index contributed by atoms with van der Waals surface area (Å²) in [6.45, 7) is 7.49. The number of nitrogen functional groups attached to an aromatic ring is 1. The Morgan fingerprint density at radius 2 is 1.93 bits per heavy atom. The first-order chi connectivity index (χ1) is 20.0. The lowest BCUT2D eigenvalue weighted by molar-refractivity contribution is 0.0318. The van der Waals surface area contributed by atoms with Crippen LogP contribution in [0.1, 0.15) is 46.6 Å². The summed E-state index contributed by atoms with van der Waals surface area (Å²) in [5.74, 6) is -2.42. The molecular formula is C31H30F2N6O3. The van der Waals surface area contributed by atoms with Gasteiger partial charge in [0.25, 0.3) is 0 Å². The fourth-order valence-electron chi connectivity index (χ4n) is 5.50. The average molecular weight is 573 g/mol. The SMILES string of the molecule is Cc1cc(Oc2c(F)cccc2F)ncc1-n1ncc(C(=O)c2cc3c4c(ccc3[nH]2)CN(CC(C)(C)O)CC4)c1N. The number of aromatic amines is 1. The highest BCUT2D eigenvalue weighted by atomic mass is 19.1. The van der Waals surface area contributed by atoms with E-state index in [-0.39, 0.29) is 23.0 Å². The molecule has 0 spiro atoms. The number of benzene rings is 2. The van der Waals surface area contributed by atoms with Gasteiger partial charge >= 0.3 is 0 Å². The molecule has 6 rings (SSSR count). The van der Waals surface area contributed by atoms with Crippen molar-refractivity contribution in [1.29, 1.82) is 0 Å². The van der Waals surface area contributed by atoms with E-state index in [4.69, 9.17) is 10.5 Å². The summed E-state index contributed by atoms with van der Waals surface area (Å²) in [5.41, 5.74) is 10.6. The van der Waals surface area contributed by atoms with Gasteiger partial charge in [-0.1, -0.05) is 12.1 Å².